The Morgan fingerprint density at radius 3 is 2.91 bits per heavy atom. The molecular weight excluding hydrogens is 280 g/mol. The summed E-state index contributed by atoms with van der Waals surface area (Å²) in [5.74, 6) is 2.81. The molecule has 22 heavy (non-hydrogen) atoms. The molecule has 3 rings (SSSR count). The van der Waals surface area contributed by atoms with Crippen molar-refractivity contribution in [1.82, 2.24) is 20.2 Å². The Hall–Kier alpha value is -2.15. The van der Waals surface area contributed by atoms with Crippen molar-refractivity contribution in [1.29, 1.82) is 0 Å². The number of nitrogens with zero attached hydrogens (tertiary/aromatic N) is 4. The number of aliphatic hydroxyl groups excluding tert-OH is 1. The maximum absolute atomic E-state index is 10.3. The molecule has 7 heteroatoms. The van der Waals surface area contributed by atoms with Crippen LogP contribution in [0.15, 0.2) is 24.4 Å². The van der Waals surface area contributed by atoms with Crippen molar-refractivity contribution in [2.45, 2.75) is 24.9 Å². The summed E-state index contributed by atoms with van der Waals surface area (Å²) >= 11 is 0. The molecule has 2 aromatic rings. The lowest BCUT2D eigenvalue weighted by Crippen LogP contribution is -2.22. The lowest BCUT2D eigenvalue weighted by molar-refractivity contribution is 0.137. The first-order chi connectivity index (χ1) is 10.6. The third kappa shape index (κ3) is 3.19. The molecule has 3 atom stereocenters. The van der Waals surface area contributed by atoms with E-state index in [1.807, 2.05) is 37.2 Å². The van der Waals surface area contributed by atoms with Crippen LogP contribution in [0.3, 0.4) is 0 Å². The average molecular weight is 302 g/mol. The van der Waals surface area contributed by atoms with Crippen LogP contribution < -0.4 is 10.2 Å². The highest BCUT2D eigenvalue weighted by molar-refractivity contribution is 5.33. The van der Waals surface area contributed by atoms with E-state index in [1.54, 1.807) is 6.20 Å². The second-order valence-electron chi connectivity index (χ2n) is 6.01. The highest BCUT2D eigenvalue weighted by Crippen LogP contribution is 2.37. The van der Waals surface area contributed by atoms with E-state index >= 15 is 0 Å². The van der Waals surface area contributed by atoms with E-state index in [2.05, 4.69) is 25.5 Å². The monoisotopic (exact) mass is 302 g/mol. The number of pyridine rings is 1. The Morgan fingerprint density at radius 2 is 2.23 bits per heavy atom. The summed E-state index contributed by atoms with van der Waals surface area (Å²) in [6.07, 6.45) is 3.04. The molecule has 0 aromatic carbocycles. The molecule has 1 saturated carbocycles. The van der Waals surface area contributed by atoms with Gasteiger partial charge < -0.3 is 15.3 Å². The summed E-state index contributed by atoms with van der Waals surface area (Å²) in [5.41, 5.74) is 0. The van der Waals surface area contributed by atoms with Crippen LogP contribution in [-0.2, 0) is 0 Å². The maximum atomic E-state index is 10.3. The number of anilines is 2. The van der Waals surface area contributed by atoms with Gasteiger partial charge in [0.05, 0.1) is 6.10 Å². The van der Waals surface area contributed by atoms with Gasteiger partial charge in [-0.2, -0.15) is 4.98 Å². The molecule has 0 amide bonds. The zero-order valence-electron chi connectivity index (χ0n) is 12.9. The summed E-state index contributed by atoms with van der Waals surface area (Å²) < 4.78 is 0. The first-order valence-corrected chi connectivity index (χ1v) is 7.56. The molecule has 0 saturated heterocycles. The van der Waals surface area contributed by atoms with Crippen LogP contribution in [0.5, 0.6) is 0 Å². The molecule has 2 aromatic heterocycles. The van der Waals surface area contributed by atoms with Gasteiger partial charge in [0.1, 0.15) is 11.6 Å². The predicted molar refractivity (Wildman–Crippen MR) is 84.9 cm³/mol. The lowest BCUT2D eigenvalue weighted by Gasteiger charge is -2.15. The minimum absolute atomic E-state index is 0.194. The number of aliphatic hydroxyl groups is 1. The first kappa shape index (κ1) is 14.8. The van der Waals surface area contributed by atoms with Crippen molar-refractivity contribution < 1.29 is 5.11 Å². The van der Waals surface area contributed by atoms with Crippen molar-refractivity contribution >= 4 is 11.8 Å². The Labute approximate surface area is 129 Å². The van der Waals surface area contributed by atoms with Crippen LogP contribution in [0, 0.1) is 5.92 Å². The maximum Gasteiger partial charge on any atom is 0.244 e. The van der Waals surface area contributed by atoms with Gasteiger partial charge in [0.15, 0.2) is 0 Å². The quantitative estimate of drug-likeness (QED) is 0.770. The van der Waals surface area contributed by atoms with E-state index in [1.165, 1.54) is 0 Å². The minimum atomic E-state index is -0.325. The molecule has 1 aliphatic rings. The van der Waals surface area contributed by atoms with Gasteiger partial charge in [-0.3, -0.25) is 5.10 Å². The van der Waals surface area contributed by atoms with Crippen LogP contribution in [0.2, 0.25) is 0 Å². The summed E-state index contributed by atoms with van der Waals surface area (Å²) in [4.78, 5) is 10.6. The topological polar surface area (TPSA) is 90.0 Å². The fourth-order valence-corrected chi connectivity index (χ4v) is 2.90. The fraction of sp³-hybridized carbons (Fsp3) is 0.533. The van der Waals surface area contributed by atoms with E-state index in [4.69, 9.17) is 0 Å². The third-order valence-corrected chi connectivity index (χ3v) is 4.15. The molecule has 0 radical (unpaired) electrons. The number of rotatable bonds is 5. The molecule has 0 bridgehead atoms. The fourth-order valence-electron chi connectivity index (χ4n) is 2.90. The average Bonchev–Trinajstić information content (AvgIpc) is 3.13. The van der Waals surface area contributed by atoms with Gasteiger partial charge in [0, 0.05) is 38.7 Å². The van der Waals surface area contributed by atoms with Gasteiger partial charge in [-0.15, -0.1) is 5.10 Å². The molecular formula is C15H22N6O. The molecule has 7 nitrogen and oxygen atoms in total. The van der Waals surface area contributed by atoms with E-state index in [-0.39, 0.29) is 17.9 Å². The Balaban J connectivity index is 1.59. The van der Waals surface area contributed by atoms with Crippen LogP contribution in [0.1, 0.15) is 24.6 Å². The highest BCUT2D eigenvalue weighted by atomic mass is 16.3. The SMILES string of the molecule is CN(C)c1n[nH]c([C@H]2C[C@H](CNc3ccccn3)[C@H](O)C2)n1. The van der Waals surface area contributed by atoms with E-state index in [0.717, 1.165) is 24.5 Å². The van der Waals surface area contributed by atoms with Crippen molar-refractivity contribution in [3.8, 4) is 0 Å². The van der Waals surface area contributed by atoms with Gasteiger partial charge in [-0.1, -0.05) is 6.07 Å². The van der Waals surface area contributed by atoms with E-state index in [9.17, 15) is 5.11 Å². The van der Waals surface area contributed by atoms with Gasteiger partial charge in [-0.25, -0.2) is 4.98 Å². The molecule has 118 valence electrons. The Bertz CT molecular complexity index is 599. The van der Waals surface area contributed by atoms with Crippen LogP contribution in [-0.4, -0.2) is 52.0 Å². The first-order valence-electron chi connectivity index (χ1n) is 7.56. The molecule has 0 aliphatic heterocycles. The summed E-state index contributed by atoms with van der Waals surface area (Å²) in [6.45, 7) is 0.712. The van der Waals surface area contributed by atoms with Gasteiger partial charge in [-0.05, 0) is 25.0 Å². The molecule has 3 N–H and O–H groups in total. The predicted octanol–water partition coefficient (Wildman–Crippen LogP) is 1.23. The number of hydrogen-bond donors (Lipinski definition) is 3. The van der Waals surface area contributed by atoms with Gasteiger partial charge in [0.25, 0.3) is 0 Å². The van der Waals surface area contributed by atoms with Crippen molar-refractivity contribution in [2.24, 2.45) is 5.92 Å². The second kappa shape index (κ2) is 6.31. The largest absolute Gasteiger partial charge is 0.393 e. The minimum Gasteiger partial charge on any atom is -0.393 e. The van der Waals surface area contributed by atoms with E-state index < -0.39 is 0 Å². The zero-order chi connectivity index (χ0) is 15.5. The smallest absolute Gasteiger partial charge is 0.244 e. The summed E-state index contributed by atoms with van der Waals surface area (Å²) in [7, 11) is 3.83. The summed E-state index contributed by atoms with van der Waals surface area (Å²) in [6, 6.07) is 5.76. The van der Waals surface area contributed by atoms with Crippen molar-refractivity contribution in [3.63, 3.8) is 0 Å². The number of nitrogens with one attached hydrogen (secondary N) is 2. The number of aromatic amines is 1. The molecule has 2 heterocycles. The van der Waals surface area contributed by atoms with Crippen molar-refractivity contribution in [3.05, 3.63) is 30.2 Å². The second-order valence-corrected chi connectivity index (χ2v) is 6.01. The van der Waals surface area contributed by atoms with Crippen molar-refractivity contribution in [2.75, 3.05) is 30.9 Å². The van der Waals surface area contributed by atoms with Crippen LogP contribution >= 0.6 is 0 Å². The molecule has 1 fully saturated rings. The Kier molecular flexibility index (Phi) is 4.24. The van der Waals surface area contributed by atoms with Gasteiger partial charge >= 0.3 is 0 Å². The number of aromatic nitrogens is 4. The number of H-pyrrole nitrogens is 1. The van der Waals surface area contributed by atoms with Gasteiger partial charge in [0.2, 0.25) is 5.95 Å². The van der Waals surface area contributed by atoms with Crippen LogP contribution in [0.25, 0.3) is 0 Å². The summed E-state index contributed by atoms with van der Waals surface area (Å²) in [5, 5.41) is 20.8. The number of hydrogen-bond acceptors (Lipinski definition) is 6. The molecule has 0 spiro atoms. The molecule has 0 unspecified atom stereocenters. The van der Waals surface area contributed by atoms with E-state index in [0.29, 0.717) is 12.5 Å². The standard InChI is InChI=1S/C15H22N6O/c1-21(2)15-18-14(19-20-15)10-7-11(12(22)8-10)9-17-13-5-3-4-6-16-13/h3-6,10-12,22H,7-9H2,1-2H3,(H,16,17)(H,18,19,20)/t10-,11+,12+/m0/s1. The molecule has 1 aliphatic carbocycles. The third-order valence-electron chi connectivity index (χ3n) is 4.15. The van der Waals surface area contributed by atoms with Crippen LogP contribution in [0.4, 0.5) is 11.8 Å². The Morgan fingerprint density at radius 1 is 1.36 bits per heavy atom. The normalized spacial score (nSPS) is 24.4. The highest BCUT2D eigenvalue weighted by Gasteiger charge is 2.35. The zero-order valence-corrected chi connectivity index (χ0v) is 12.9. The lowest BCUT2D eigenvalue weighted by atomic mass is 10.0.